The maximum Gasteiger partial charge on any atom is 0.0410 e. The van der Waals surface area contributed by atoms with Crippen LogP contribution in [0.25, 0.3) is 0 Å². The van der Waals surface area contributed by atoms with Crippen LogP contribution in [0.5, 0.6) is 0 Å². The molecular weight excluding hydrogens is 232 g/mol. The minimum absolute atomic E-state index is 0.459. The first-order valence-electron chi connectivity index (χ1n) is 6.30. The summed E-state index contributed by atoms with van der Waals surface area (Å²) >= 11 is 5.96. The Kier molecular flexibility index (Phi) is 3.95. The molecule has 0 spiro atoms. The lowest BCUT2D eigenvalue weighted by Crippen LogP contribution is -2.44. The molecule has 0 bridgehead atoms. The van der Waals surface area contributed by atoms with Crippen molar-refractivity contribution >= 4 is 17.3 Å². The van der Waals surface area contributed by atoms with Crippen LogP contribution in [-0.2, 0) is 0 Å². The minimum atomic E-state index is 0.459. The van der Waals surface area contributed by atoms with E-state index in [-0.39, 0.29) is 0 Å². The summed E-state index contributed by atoms with van der Waals surface area (Å²) in [6.45, 7) is 4.25. The Balaban J connectivity index is 1.97. The smallest absolute Gasteiger partial charge is 0.0410 e. The lowest BCUT2D eigenvalue weighted by atomic mass is 9.68. The van der Waals surface area contributed by atoms with Gasteiger partial charge in [-0.1, -0.05) is 18.0 Å². The average Bonchev–Trinajstić information content (AvgIpc) is 2.24. The van der Waals surface area contributed by atoms with Crippen molar-refractivity contribution in [3.63, 3.8) is 0 Å². The fraction of sp³-hybridized carbons (Fsp3) is 0.571. The van der Waals surface area contributed by atoms with E-state index in [1.165, 1.54) is 30.5 Å². The van der Waals surface area contributed by atoms with E-state index >= 15 is 0 Å². The molecule has 0 atom stereocenters. The zero-order chi connectivity index (χ0) is 12.3. The molecule has 0 aromatic heterocycles. The minimum Gasteiger partial charge on any atom is -0.384 e. The van der Waals surface area contributed by atoms with Crippen LogP contribution >= 0.6 is 11.6 Å². The molecule has 1 aliphatic rings. The largest absolute Gasteiger partial charge is 0.384 e. The van der Waals surface area contributed by atoms with Crippen LogP contribution in [0.2, 0.25) is 5.02 Å². The fourth-order valence-electron chi connectivity index (χ4n) is 2.58. The maximum atomic E-state index is 5.96. The molecule has 94 valence electrons. The van der Waals surface area contributed by atoms with E-state index in [2.05, 4.69) is 23.6 Å². The van der Waals surface area contributed by atoms with Gasteiger partial charge in [0.1, 0.15) is 0 Å². The molecule has 0 aliphatic heterocycles. The Bertz CT molecular complexity index is 386. The second kappa shape index (κ2) is 5.28. The molecule has 0 unspecified atom stereocenters. The van der Waals surface area contributed by atoms with Gasteiger partial charge < -0.3 is 10.6 Å². The van der Waals surface area contributed by atoms with Crippen LogP contribution in [0.4, 0.5) is 5.69 Å². The number of nitrogens with one attached hydrogen (secondary N) is 2. The molecule has 1 fully saturated rings. The fourth-order valence-corrected chi connectivity index (χ4v) is 2.80. The summed E-state index contributed by atoms with van der Waals surface area (Å²) in [6.07, 6.45) is 4.02. The number of anilines is 1. The van der Waals surface area contributed by atoms with E-state index in [0.717, 1.165) is 18.1 Å². The first-order valence-corrected chi connectivity index (χ1v) is 6.68. The van der Waals surface area contributed by atoms with Crippen LogP contribution in [0.3, 0.4) is 0 Å². The van der Waals surface area contributed by atoms with E-state index in [1.807, 2.05) is 19.2 Å². The highest BCUT2D eigenvalue weighted by molar-refractivity contribution is 6.30. The first kappa shape index (κ1) is 12.7. The second-order valence-corrected chi connectivity index (χ2v) is 5.63. The Morgan fingerprint density at radius 2 is 2.06 bits per heavy atom. The molecule has 1 aromatic rings. The normalized spacial score (nSPS) is 17.6. The number of aryl methyl sites for hydroxylation is 1. The van der Waals surface area contributed by atoms with Crippen molar-refractivity contribution in [2.24, 2.45) is 5.41 Å². The van der Waals surface area contributed by atoms with Gasteiger partial charge in [-0.3, -0.25) is 0 Å². The first-order chi connectivity index (χ1) is 8.15. The van der Waals surface area contributed by atoms with Crippen molar-refractivity contribution < 1.29 is 0 Å². The van der Waals surface area contributed by atoms with E-state index in [4.69, 9.17) is 11.6 Å². The third-order valence-corrected chi connectivity index (χ3v) is 4.04. The molecule has 1 aliphatic carbocycles. The number of halogens is 1. The zero-order valence-corrected chi connectivity index (χ0v) is 11.4. The summed E-state index contributed by atoms with van der Waals surface area (Å²) in [7, 11) is 2.04. The predicted molar refractivity (Wildman–Crippen MR) is 74.9 cm³/mol. The topological polar surface area (TPSA) is 24.1 Å². The SMILES string of the molecule is CNCC1(CNc2ccc(Cl)cc2C)CCC1. The third kappa shape index (κ3) is 2.93. The summed E-state index contributed by atoms with van der Waals surface area (Å²) < 4.78 is 0. The number of hydrogen-bond donors (Lipinski definition) is 2. The molecule has 0 radical (unpaired) electrons. The summed E-state index contributed by atoms with van der Waals surface area (Å²) in [5.41, 5.74) is 2.88. The van der Waals surface area contributed by atoms with Crippen LogP contribution in [0, 0.1) is 12.3 Å². The molecule has 0 saturated heterocycles. The second-order valence-electron chi connectivity index (χ2n) is 5.20. The van der Waals surface area contributed by atoms with Gasteiger partial charge >= 0.3 is 0 Å². The molecule has 0 heterocycles. The number of benzene rings is 1. The lowest BCUT2D eigenvalue weighted by molar-refractivity contribution is 0.151. The molecule has 1 saturated carbocycles. The Hall–Kier alpha value is -0.730. The Labute approximate surface area is 109 Å². The summed E-state index contributed by atoms with van der Waals surface area (Å²) in [5, 5.41) is 7.69. The molecular formula is C14H21ClN2. The lowest BCUT2D eigenvalue weighted by Gasteiger charge is -2.42. The van der Waals surface area contributed by atoms with Crippen molar-refractivity contribution in [1.29, 1.82) is 0 Å². The molecule has 2 rings (SSSR count). The van der Waals surface area contributed by atoms with Gasteiger partial charge in [0.15, 0.2) is 0 Å². The number of rotatable bonds is 5. The standard InChI is InChI=1S/C14H21ClN2/c1-11-8-12(15)4-5-13(11)17-10-14(9-16-2)6-3-7-14/h4-5,8,16-17H,3,6-7,9-10H2,1-2H3. The zero-order valence-electron chi connectivity index (χ0n) is 10.6. The molecule has 17 heavy (non-hydrogen) atoms. The van der Waals surface area contributed by atoms with E-state index in [1.54, 1.807) is 0 Å². The van der Waals surface area contributed by atoms with Gasteiger partial charge in [-0.15, -0.1) is 0 Å². The van der Waals surface area contributed by atoms with E-state index in [0.29, 0.717) is 5.41 Å². The maximum absolute atomic E-state index is 5.96. The van der Waals surface area contributed by atoms with Crippen LogP contribution < -0.4 is 10.6 Å². The molecule has 0 amide bonds. The van der Waals surface area contributed by atoms with E-state index in [9.17, 15) is 0 Å². The molecule has 2 N–H and O–H groups in total. The van der Waals surface area contributed by atoms with Crippen LogP contribution in [0.15, 0.2) is 18.2 Å². The van der Waals surface area contributed by atoms with Crippen molar-refractivity contribution in [1.82, 2.24) is 5.32 Å². The third-order valence-electron chi connectivity index (χ3n) is 3.81. The highest BCUT2D eigenvalue weighted by Gasteiger charge is 2.35. The van der Waals surface area contributed by atoms with Gasteiger partial charge in [0, 0.05) is 29.2 Å². The highest BCUT2D eigenvalue weighted by atomic mass is 35.5. The summed E-state index contributed by atoms with van der Waals surface area (Å²) in [6, 6.07) is 6.03. The van der Waals surface area contributed by atoms with Gasteiger partial charge in [-0.05, 0) is 50.6 Å². The van der Waals surface area contributed by atoms with Gasteiger partial charge in [0.25, 0.3) is 0 Å². The van der Waals surface area contributed by atoms with Gasteiger partial charge in [-0.25, -0.2) is 0 Å². The van der Waals surface area contributed by atoms with E-state index < -0.39 is 0 Å². The predicted octanol–water partition coefficient (Wildman–Crippen LogP) is 3.45. The summed E-state index contributed by atoms with van der Waals surface area (Å²) in [4.78, 5) is 0. The Morgan fingerprint density at radius 1 is 1.29 bits per heavy atom. The van der Waals surface area contributed by atoms with Crippen molar-refractivity contribution in [3.05, 3.63) is 28.8 Å². The van der Waals surface area contributed by atoms with Gasteiger partial charge in [0.2, 0.25) is 0 Å². The summed E-state index contributed by atoms with van der Waals surface area (Å²) in [5.74, 6) is 0. The Morgan fingerprint density at radius 3 is 2.59 bits per heavy atom. The van der Waals surface area contributed by atoms with Crippen molar-refractivity contribution in [2.45, 2.75) is 26.2 Å². The monoisotopic (exact) mass is 252 g/mol. The van der Waals surface area contributed by atoms with Crippen molar-refractivity contribution in [2.75, 3.05) is 25.5 Å². The molecule has 3 heteroatoms. The quantitative estimate of drug-likeness (QED) is 0.839. The molecule has 2 nitrogen and oxygen atoms in total. The van der Waals surface area contributed by atoms with Crippen LogP contribution in [0.1, 0.15) is 24.8 Å². The average molecular weight is 253 g/mol. The van der Waals surface area contributed by atoms with Crippen molar-refractivity contribution in [3.8, 4) is 0 Å². The highest BCUT2D eigenvalue weighted by Crippen LogP contribution is 2.40. The number of hydrogen-bond acceptors (Lipinski definition) is 2. The van der Waals surface area contributed by atoms with Gasteiger partial charge in [0.05, 0.1) is 0 Å². The van der Waals surface area contributed by atoms with Crippen LogP contribution in [-0.4, -0.2) is 20.1 Å². The van der Waals surface area contributed by atoms with Gasteiger partial charge in [-0.2, -0.15) is 0 Å². The molecule has 1 aromatic carbocycles.